The zero-order chi connectivity index (χ0) is 17.5. The van der Waals surface area contributed by atoms with Crippen molar-refractivity contribution in [2.24, 2.45) is 0 Å². The fourth-order valence-electron chi connectivity index (χ4n) is 1.81. The van der Waals surface area contributed by atoms with Crippen LogP contribution < -0.4 is 0 Å². The third-order valence-electron chi connectivity index (χ3n) is 2.99. The van der Waals surface area contributed by atoms with Crippen LogP contribution in [-0.4, -0.2) is 25.6 Å². The smallest absolute Gasteiger partial charge is 0.204 e. The van der Waals surface area contributed by atoms with Crippen LogP contribution in [0.2, 0.25) is 5.02 Å². The number of phenols is 1. The Balaban J connectivity index is 2.59. The van der Waals surface area contributed by atoms with Gasteiger partial charge in [0.15, 0.2) is 33.0 Å². The van der Waals surface area contributed by atoms with E-state index in [-0.39, 0.29) is 15.5 Å². The first kappa shape index (κ1) is 17.3. The van der Waals surface area contributed by atoms with Gasteiger partial charge in [0.1, 0.15) is 0 Å². The zero-order valence-electron chi connectivity index (χ0n) is 11.4. The van der Waals surface area contributed by atoms with E-state index in [0.717, 1.165) is 24.5 Å². The van der Waals surface area contributed by atoms with Crippen molar-refractivity contribution in [1.82, 2.24) is 0 Å². The van der Waals surface area contributed by atoms with Crippen molar-refractivity contribution >= 4 is 27.2 Å². The SMILES string of the molecule is CS(=O)(=O)c1ccc(C(=O)c2cc(F)c(F)c(F)c2O)c(Cl)c1. The molecular weight excluding hydrogens is 357 g/mol. The number of hydrogen-bond donors (Lipinski definition) is 1. The maximum absolute atomic E-state index is 13.3. The lowest BCUT2D eigenvalue weighted by atomic mass is 10.0. The second-order valence-corrected chi connectivity index (χ2v) is 7.05. The van der Waals surface area contributed by atoms with Gasteiger partial charge in [-0.1, -0.05) is 11.6 Å². The van der Waals surface area contributed by atoms with E-state index in [1.54, 1.807) is 0 Å². The Morgan fingerprint density at radius 1 is 1.09 bits per heavy atom. The van der Waals surface area contributed by atoms with Crippen LogP contribution in [-0.2, 0) is 9.84 Å². The minimum Gasteiger partial charge on any atom is -0.504 e. The van der Waals surface area contributed by atoms with Crippen LogP contribution in [0.4, 0.5) is 13.2 Å². The topological polar surface area (TPSA) is 71.4 Å². The van der Waals surface area contributed by atoms with Crippen LogP contribution in [0, 0.1) is 17.5 Å². The minimum atomic E-state index is -3.57. The van der Waals surface area contributed by atoms with Gasteiger partial charge in [0, 0.05) is 11.8 Å². The molecule has 1 N–H and O–H groups in total. The molecule has 0 saturated heterocycles. The zero-order valence-corrected chi connectivity index (χ0v) is 13.0. The Hall–Kier alpha value is -2.06. The van der Waals surface area contributed by atoms with Crippen molar-refractivity contribution in [2.75, 3.05) is 6.26 Å². The molecule has 2 aromatic rings. The van der Waals surface area contributed by atoms with Gasteiger partial charge in [-0.3, -0.25) is 4.79 Å². The molecule has 0 heterocycles. The first-order valence-corrected chi connectivity index (χ1v) is 8.21. The summed E-state index contributed by atoms with van der Waals surface area (Å²) in [4.78, 5) is 12.0. The molecule has 2 aromatic carbocycles. The summed E-state index contributed by atoms with van der Waals surface area (Å²) in [6.45, 7) is 0. The maximum Gasteiger partial charge on any atom is 0.204 e. The quantitative estimate of drug-likeness (QED) is 0.671. The minimum absolute atomic E-state index is 0.167. The summed E-state index contributed by atoms with van der Waals surface area (Å²) in [5.74, 6) is -7.94. The lowest BCUT2D eigenvalue weighted by Crippen LogP contribution is -2.07. The summed E-state index contributed by atoms with van der Waals surface area (Å²) < 4.78 is 62.3. The molecule has 23 heavy (non-hydrogen) atoms. The molecular formula is C14H8ClF3O4S. The number of benzene rings is 2. The summed E-state index contributed by atoms with van der Waals surface area (Å²) in [5.41, 5.74) is -1.14. The summed E-state index contributed by atoms with van der Waals surface area (Å²) in [5, 5.41) is 9.16. The Bertz CT molecular complexity index is 926. The summed E-state index contributed by atoms with van der Waals surface area (Å²) in [6, 6.07) is 3.41. The first-order valence-electron chi connectivity index (χ1n) is 5.94. The van der Waals surface area contributed by atoms with Gasteiger partial charge in [0.25, 0.3) is 0 Å². The van der Waals surface area contributed by atoms with Crippen LogP contribution in [0.1, 0.15) is 15.9 Å². The van der Waals surface area contributed by atoms with Crippen molar-refractivity contribution in [1.29, 1.82) is 0 Å². The lowest BCUT2D eigenvalue weighted by molar-refractivity contribution is 0.103. The van der Waals surface area contributed by atoms with Gasteiger partial charge >= 0.3 is 0 Å². The number of ketones is 1. The van der Waals surface area contributed by atoms with Crippen molar-refractivity contribution in [3.8, 4) is 5.75 Å². The number of sulfone groups is 1. The number of aromatic hydroxyl groups is 1. The molecule has 0 aliphatic rings. The van der Waals surface area contributed by atoms with E-state index in [4.69, 9.17) is 11.6 Å². The second-order valence-electron chi connectivity index (χ2n) is 4.63. The van der Waals surface area contributed by atoms with Crippen molar-refractivity contribution in [3.63, 3.8) is 0 Å². The van der Waals surface area contributed by atoms with Gasteiger partial charge in [0.2, 0.25) is 5.82 Å². The van der Waals surface area contributed by atoms with E-state index in [0.29, 0.717) is 6.07 Å². The summed E-state index contributed by atoms with van der Waals surface area (Å²) in [6.07, 6.45) is 0.927. The van der Waals surface area contributed by atoms with E-state index in [9.17, 15) is 31.5 Å². The molecule has 122 valence electrons. The third-order valence-corrected chi connectivity index (χ3v) is 4.42. The molecule has 0 bridgehead atoms. The fourth-order valence-corrected chi connectivity index (χ4v) is 2.79. The molecule has 2 rings (SSSR count). The van der Waals surface area contributed by atoms with E-state index in [2.05, 4.69) is 0 Å². The predicted molar refractivity (Wildman–Crippen MR) is 76.0 cm³/mol. The standard InChI is InChI=1S/C14H8ClF3O4S/c1-23(21,22)6-2-3-7(9(15)4-6)13(19)8-5-10(16)11(17)12(18)14(8)20/h2-5,20H,1H3. The van der Waals surface area contributed by atoms with Gasteiger partial charge in [-0.05, 0) is 24.3 Å². The molecule has 0 atom stereocenters. The normalized spacial score (nSPS) is 11.5. The van der Waals surface area contributed by atoms with Crippen LogP contribution >= 0.6 is 11.6 Å². The lowest BCUT2D eigenvalue weighted by Gasteiger charge is -2.09. The Labute approximate surface area is 134 Å². The molecule has 0 amide bonds. The fraction of sp³-hybridized carbons (Fsp3) is 0.0714. The first-order chi connectivity index (χ1) is 10.5. The number of carbonyl (C=O) groups excluding carboxylic acids is 1. The highest BCUT2D eigenvalue weighted by atomic mass is 35.5. The van der Waals surface area contributed by atoms with Crippen molar-refractivity contribution in [3.05, 3.63) is 57.9 Å². The van der Waals surface area contributed by atoms with Gasteiger partial charge in [-0.15, -0.1) is 0 Å². The molecule has 0 fully saturated rings. The highest BCUT2D eigenvalue weighted by Gasteiger charge is 2.25. The largest absolute Gasteiger partial charge is 0.504 e. The van der Waals surface area contributed by atoms with Gasteiger partial charge in [-0.25, -0.2) is 17.2 Å². The Kier molecular flexibility index (Phi) is 4.41. The molecule has 0 unspecified atom stereocenters. The monoisotopic (exact) mass is 364 g/mol. The van der Waals surface area contributed by atoms with Gasteiger partial charge in [-0.2, -0.15) is 4.39 Å². The third kappa shape index (κ3) is 3.18. The van der Waals surface area contributed by atoms with Crippen LogP contribution in [0.5, 0.6) is 5.75 Å². The molecule has 4 nitrogen and oxygen atoms in total. The van der Waals surface area contributed by atoms with E-state index in [1.807, 2.05) is 0 Å². The average molecular weight is 365 g/mol. The Morgan fingerprint density at radius 2 is 1.70 bits per heavy atom. The Morgan fingerprint density at radius 3 is 2.22 bits per heavy atom. The molecule has 0 radical (unpaired) electrons. The highest BCUT2D eigenvalue weighted by molar-refractivity contribution is 7.90. The van der Waals surface area contributed by atoms with Crippen molar-refractivity contribution < 1.29 is 31.5 Å². The van der Waals surface area contributed by atoms with E-state index < -0.39 is 44.4 Å². The number of carbonyl (C=O) groups is 1. The molecule has 0 saturated carbocycles. The summed E-state index contributed by atoms with van der Waals surface area (Å²) in [7, 11) is -3.57. The highest BCUT2D eigenvalue weighted by Crippen LogP contribution is 2.30. The van der Waals surface area contributed by atoms with Crippen LogP contribution in [0.15, 0.2) is 29.2 Å². The van der Waals surface area contributed by atoms with Crippen LogP contribution in [0.3, 0.4) is 0 Å². The summed E-state index contributed by atoms with van der Waals surface area (Å²) >= 11 is 5.81. The number of halogens is 4. The predicted octanol–water partition coefficient (Wildman–Crippen LogP) is 3.10. The maximum atomic E-state index is 13.3. The number of phenolic OH excluding ortho intramolecular Hbond substituents is 1. The average Bonchev–Trinajstić information content (AvgIpc) is 2.47. The molecule has 0 spiro atoms. The molecule has 0 aromatic heterocycles. The molecule has 9 heteroatoms. The number of rotatable bonds is 3. The molecule has 0 aliphatic heterocycles. The van der Waals surface area contributed by atoms with Crippen LogP contribution in [0.25, 0.3) is 0 Å². The second kappa shape index (κ2) is 5.86. The van der Waals surface area contributed by atoms with Gasteiger partial charge in [0.05, 0.1) is 15.5 Å². The molecule has 0 aliphatic carbocycles. The van der Waals surface area contributed by atoms with E-state index in [1.165, 1.54) is 0 Å². The number of hydrogen-bond acceptors (Lipinski definition) is 4. The van der Waals surface area contributed by atoms with E-state index >= 15 is 0 Å². The van der Waals surface area contributed by atoms with Crippen molar-refractivity contribution in [2.45, 2.75) is 4.90 Å². The van der Waals surface area contributed by atoms with Gasteiger partial charge < -0.3 is 5.11 Å².